The molecule has 7 heterocycles. The minimum absolute atomic E-state index is 0.479. The molecule has 20 N–H and O–H groups in total. The predicted molar refractivity (Wildman–Crippen MR) is 242 cm³/mol. The van der Waals surface area contributed by atoms with Gasteiger partial charge in [-0.05, 0) is 6.92 Å². The number of aliphatic hydroxyl groups is 20. The maximum atomic E-state index is 11.9. The summed E-state index contributed by atoms with van der Waals surface area (Å²) >= 11 is 0. The average molecular weight is 1150 g/mol. The van der Waals surface area contributed by atoms with E-state index in [0.717, 1.165) is 0 Å². The maximum Gasteiger partial charge on any atom is 0.187 e. The largest absolute Gasteiger partial charge is 0.394 e. The van der Waals surface area contributed by atoms with Gasteiger partial charge in [-0.15, -0.1) is 0 Å². The zero-order valence-corrected chi connectivity index (χ0v) is 42.4. The van der Waals surface area contributed by atoms with Gasteiger partial charge in [0.1, 0.15) is 146 Å². The first-order chi connectivity index (χ1) is 36.9. The molecular formula is C45H78O33. The minimum atomic E-state index is -2.19. The Bertz CT molecular complexity index is 1810. The van der Waals surface area contributed by atoms with E-state index in [4.69, 9.17) is 61.6 Å². The first-order valence-corrected chi connectivity index (χ1v) is 25.6. The Kier molecular flexibility index (Phi) is 22.7. The van der Waals surface area contributed by atoms with Gasteiger partial charge in [-0.3, -0.25) is 0 Å². The van der Waals surface area contributed by atoms with Crippen molar-refractivity contribution in [3.63, 3.8) is 0 Å². The van der Waals surface area contributed by atoms with Crippen LogP contribution < -0.4 is 0 Å². The van der Waals surface area contributed by atoms with Gasteiger partial charge in [0.05, 0.1) is 64.6 Å². The highest BCUT2D eigenvalue weighted by atomic mass is 16.8. The number of ether oxygens (including phenoxy) is 13. The number of aliphatic hydroxyl groups excluding tert-OH is 20. The zero-order chi connectivity index (χ0) is 57.3. The van der Waals surface area contributed by atoms with Crippen molar-refractivity contribution in [2.75, 3.05) is 46.2 Å². The van der Waals surface area contributed by atoms with Crippen molar-refractivity contribution < 1.29 is 164 Å². The van der Waals surface area contributed by atoms with Crippen LogP contribution in [0.3, 0.4) is 0 Å². The smallest absolute Gasteiger partial charge is 0.187 e. The van der Waals surface area contributed by atoms with E-state index in [1.54, 1.807) is 13.8 Å². The van der Waals surface area contributed by atoms with Gasteiger partial charge in [0.25, 0.3) is 0 Å². The van der Waals surface area contributed by atoms with Gasteiger partial charge in [-0.2, -0.15) is 0 Å². The van der Waals surface area contributed by atoms with Crippen molar-refractivity contribution in [1.29, 1.82) is 0 Å². The first-order valence-electron chi connectivity index (χ1n) is 25.6. The van der Waals surface area contributed by atoms with Crippen LogP contribution in [0, 0.1) is 11.8 Å². The van der Waals surface area contributed by atoms with Crippen LogP contribution in [0.15, 0.2) is 0 Å². The van der Waals surface area contributed by atoms with Crippen molar-refractivity contribution in [2.45, 2.75) is 223 Å². The highest BCUT2D eigenvalue weighted by Crippen LogP contribution is 2.38. The third-order valence-electron chi connectivity index (χ3n) is 15.6. The monoisotopic (exact) mass is 1150 g/mol. The summed E-state index contributed by atoms with van der Waals surface area (Å²) in [5.74, 6) is -1.56. The van der Waals surface area contributed by atoms with Crippen LogP contribution >= 0.6 is 0 Å². The minimum Gasteiger partial charge on any atom is -0.394 e. The quantitative estimate of drug-likeness (QED) is 0.0571. The fourth-order valence-corrected chi connectivity index (χ4v) is 10.3. The van der Waals surface area contributed by atoms with Crippen molar-refractivity contribution in [3.8, 4) is 0 Å². The molecule has 0 saturated carbocycles. The summed E-state index contributed by atoms with van der Waals surface area (Å²) in [5.41, 5.74) is 0. The summed E-state index contributed by atoms with van der Waals surface area (Å²) in [4.78, 5) is 0. The lowest BCUT2D eigenvalue weighted by molar-refractivity contribution is -0.389. The molecule has 16 unspecified atom stereocenters. The lowest BCUT2D eigenvalue weighted by Crippen LogP contribution is -2.67. The summed E-state index contributed by atoms with van der Waals surface area (Å²) in [6, 6.07) is 0. The van der Waals surface area contributed by atoms with E-state index in [1.807, 2.05) is 0 Å². The molecule has 0 aromatic rings. The molecule has 7 fully saturated rings. The van der Waals surface area contributed by atoms with Crippen molar-refractivity contribution in [3.05, 3.63) is 0 Å². The van der Waals surface area contributed by atoms with Crippen LogP contribution in [-0.2, 0) is 61.6 Å². The standard InChI is InChI=1S/C45H78O33/c1-11-13(3)68-17(7-49)36(21(11)51)75-40-12(2)22(52)37(18(8-50)72-40)76-45-35(65)39(78-44-33(63)30(60)25(55)16(6-48)71-44)27(57)20(74-45)10-67-42-34(64)38(77-43-32(62)29(59)24(54)15(5-47)70-43)26(56)19(73-42)9-66-41-31(61)28(58)23(53)14(4-46)69-41/h11-65H,4-10H2,1-3H3/t11-,12+,13+,14?,15?,16?,17?,18?,19?,20?,21?,22?,23-,24+,25+,26-,27-,28?,29?,30?,31?,32+,33+,34?,35-,36-,37-,38?,39?,40+,41+,42+,43+,44+,45+/m1/s1. The first kappa shape index (κ1) is 64.2. The molecule has 0 amide bonds. The molecule has 456 valence electrons. The Balaban J connectivity index is 1.14. The summed E-state index contributed by atoms with van der Waals surface area (Å²) in [6.07, 6.45) is -58.5. The average Bonchev–Trinajstić information content (AvgIpc) is 3.46. The zero-order valence-electron chi connectivity index (χ0n) is 42.4. The highest BCUT2D eigenvalue weighted by Gasteiger charge is 2.57. The Labute approximate surface area is 444 Å². The second-order valence-electron chi connectivity index (χ2n) is 20.7. The fraction of sp³-hybridized carbons (Fsp3) is 1.00. The SMILES string of the molecule is C[C@@H]1OC(CO)[C@@H](O[C@@H]2OC(CO)[C@@H](O[C@@H]3OC(CO[C@H]4OC(CO[C@H]5OC(CO)[C@@H](O)C(O)C5O)[C@@H](O)C(O[C@@H]5OC(CO)[C@H](O)C(O)[C@@H]5O)C4O)[C@@H](O)C(O[C@@H]4OC(CO)[C@H](O)C(O)[C@@H]4O)[C@H]3O)C(O)[C@@H]2C)C(O)[C@@H]1C. The van der Waals surface area contributed by atoms with E-state index in [-0.39, 0.29) is 0 Å². The van der Waals surface area contributed by atoms with Crippen LogP contribution in [0.5, 0.6) is 0 Å². The van der Waals surface area contributed by atoms with Gasteiger partial charge in [-0.1, -0.05) is 13.8 Å². The summed E-state index contributed by atoms with van der Waals surface area (Å²) in [5, 5.41) is 215. The van der Waals surface area contributed by atoms with Crippen LogP contribution in [-0.4, -0.2) is 351 Å². The van der Waals surface area contributed by atoms with Crippen LogP contribution in [0.1, 0.15) is 20.8 Å². The van der Waals surface area contributed by atoms with Gasteiger partial charge in [0, 0.05) is 11.8 Å². The fourth-order valence-electron chi connectivity index (χ4n) is 10.3. The Morgan fingerprint density at radius 3 is 0.987 bits per heavy atom. The van der Waals surface area contributed by atoms with Crippen molar-refractivity contribution in [2.24, 2.45) is 11.8 Å². The van der Waals surface area contributed by atoms with Gasteiger partial charge in [0.2, 0.25) is 0 Å². The van der Waals surface area contributed by atoms with Crippen LogP contribution in [0.2, 0.25) is 0 Å². The molecule has 0 aliphatic carbocycles. The Hall–Kier alpha value is -1.32. The molecule has 0 aromatic heterocycles. The van der Waals surface area contributed by atoms with Crippen LogP contribution in [0.25, 0.3) is 0 Å². The van der Waals surface area contributed by atoms with Crippen molar-refractivity contribution in [1.82, 2.24) is 0 Å². The number of rotatable bonds is 19. The third-order valence-corrected chi connectivity index (χ3v) is 15.6. The van der Waals surface area contributed by atoms with Gasteiger partial charge in [-0.25, -0.2) is 0 Å². The molecule has 35 atom stereocenters. The van der Waals surface area contributed by atoms with Gasteiger partial charge in [0.15, 0.2) is 37.7 Å². The molecule has 33 heteroatoms. The van der Waals surface area contributed by atoms with Crippen molar-refractivity contribution >= 4 is 0 Å². The predicted octanol–water partition coefficient (Wildman–Crippen LogP) is -12.7. The van der Waals surface area contributed by atoms with E-state index in [0.29, 0.717) is 0 Å². The topological polar surface area (TPSA) is 525 Å². The number of hydrogen-bond acceptors (Lipinski definition) is 33. The van der Waals surface area contributed by atoms with E-state index >= 15 is 0 Å². The highest BCUT2D eigenvalue weighted by molar-refractivity contribution is 5.00. The lowest BCUT2D eigenvalue weighted by Gasteiger charge is -2.50. The van der Waals surface area contributed by atoms with E-state index < -0.39 is 261 Å². The molecular weight excluding hydrogens is 1070 g/mol. The van der Waals surface area contributed by atoms with E-state index in [1.165, 1.54) is 6.92 Å². The van der Waals surface area contributed by atoms with Gasteiger partial charge < -0.3 is 164 Å². The molecule has 7 aliphatic rings. The Morgan fingerprint density at radius 1 is 0.256 bits per heavy atom. The normalized spacial score (nSPS) is 53.5. The molecule has 7 aliphatic heterocycles. The van der Waals surface area contributed by atoms with Crippen LogP contribution in [0.4, 0.5) is 0 Å². The summed E-state index contributed by atoms with van der Waals surface area (Å²) in [7, 11) is 0. The molecule has 0 spiro atoms. The summed E-state index contributed by atoms with van der Waals surface area (Å²) in [6.45, 7) is -1.14. The molecule has 78 heavy (non-hydrogen) atoms. The second-order valence-corrected chi connectivity index (χ2v) is 20.7. The summed E-state index contributed by atoms with van der Waals surface area (Å²) < 4.78 is 75.2. The third kappa shape index (κ3) is 13.3. The Morgan fingerprint density at radius 2 is 0.551 bits per heavy atom. The molecule has 0 bridgehead atoms. The second kappa shape index (κ2) is 27.6. The molecule has 0 radical (unpaired) electrons. The lowest BCUT2D eigenvalue weighted by atomic mass is 9.88. The maximum absolute atomic E-state index is 11.9. The molecule has 7 saturated heterocycles. The molecule has 0 aromatic carbocycles. The molecule has 33 nitrogen and oxygen atoms in total. The van der Waals surface area contributed by atoms with Gasteiger partial charge >= 0.3 is 0 Å². The van der Waals surface area contributed by atoms with E-state index in [2.05, 4.69) is 0 Å². The van der Waals surface area contributed by atoms with E-state index in [9.17, 15) is 102 Å². The number of hydrogen-bond donors (Lipinski definition) is 20. The molecule has 7 rings (SSSR count).